The largest absolute Gasteiger partial charge is 0.425 e. The van der Waals surface area contributed by atoms with Crippen LogP contribution in [-0.4, -0.2) is 6.66 Å². The van der Waals surface area contributed by atoms with E-state index in [2.05, 4.69) is 0 Å². The van der Waals surface area contributed by atoms with Crippen molar-refractivity contribution >= 4 is 7.60 Å². The second-order valence-corrected chi connectivity index (χ2v) is 6.48. The Morgan fingerprint density at radius 3 is 1.87 bits per heavy atom. The van der Waals surface area contributed by atoms with Crippen molar-refractivity contribution in [1.29, 1.82) is 0 Å². The Kier molecular flexibility index (Phi) is 5.06. The summed E-state index contributed by atoms with van der Waals surface area (Å²) in [6.45, 7) is -0.0988. The molecular weight excluding hydrogens is 342 g/mol. The van der Waals surface area contributed by atoms with E-state index in [0.29, 0.717) is 0 Å². The maximum absolute atomic E-state index is 13.5. The monoisotopic (exact) mass is 352 g/mol. The average molecular weight is 352 g/mol. The molecule has 1 atom stereocenters. The predicted octanol–water partition coefficient (Wildman–Crippen LogP) is 4.80. The van der Waals surface area contributed by atoms with Crippen LogP contribution < -0.4 is 4.52 Å². The fraction of sp³-hybridized carbons (Fsp3) is 0.143. The van der Waals surface area contributed by atoms with Gasteiger partial charge < -0.3 is 4.52 Å². The Hall–Kier alpha value is -1.92. The fourth-order valence-electron chi connectivity index (χ4n) is 1.66. The Bertz CT molecular complexity index is 738. The molecule has 0 aliphatic heterocycles. The van der Waals surface area contributed by atoms with Gasteiger partial charge in [-0.05, 0) is 12.1 Å². The van der Waals surface area contributed by atoms with Crippen LogP contribution in [0.5, 0.6) is 5.75 Å². The van der Waals surface area contributed by atoms with E-state index in [-0.39, 0.29) is 5.75 Å². The van der Waals surface area contributed by atoms with E-state index in [1.54, 1.807) is 18.2 Å². The first kappa shape index (κ1) is 17.4. The molecule has 2 aromatic carbocycles. The molecule has 124 valence electrons. The molecule has 0 aliphatic rings. The lowest BCUT2D eigenvalue weighted by atomic mass is 10.2. The highest BCUT2D eigenvalue weighted by atomic mass is 31.2. The second-order valence-electron chi connectivity index (χ2n) is 4.50. The molecule has 0 saturated carbocycles. The molecule has 1 unspecified atom stereocenters. The molecule has 0 spiro atoms. The fourth-order valence-corrected chi connectivity index (χ4v) is 2.58. The standard InChI is InChI=1S/C14H10F5O3P/c1-23(20,22-8-5-3-2-4-6-8)21-7-9-10(15)12(17)14(19)13(18)11(9)16/h2-6H,7H2,1H3. The van der Waals surface area contributed by atoms with Crippen molar-refractivity contribution in [2.24, 2.45) is 0 Å². The van der Waals surface area contributed by atoms with Crippen LogP contribution in [0.15, 0.2) is 30.3 Å². The van der Waals surface area contributed by atoms with Gasteiger partial charge in [0.2, 0.25) is 5.82 Å². The predicted molar refractivity (Wildman–Crippen MR) is 71.6 cm³/mol. The summed E-state index contributed by atoms with van der Waals surface area (Å²) in [4.78, 5) is 0. The Morgan fingerprint density at radius 1 is 0.870 bits per heavy atom. The van der Waals surface area contributed by atoms with E-state index >= 15 is 0 Å². The number of hydrogen-bond acceptors (Lipinski definition) is 3. The minimum Gasteiger partial charge on any atom is -0.425 e. The van der Waals surface area contributed by atoms with E-state index in [1.165, 1.54) is 12.1 Å². The van der Waals surface area contributed by atoms with E-state index in [0.717, 1.165) is 6.66 Å². The Balaban J connectivity index is 2.19. The number of para-hydroxylation sites is 1. The van der Waals surface area contributed by atoms with Crippen molar-refractivity contribution in [3.63, 3.8) is 0 Å². The van der Waals surface area contributed by atoms with Crippen LogP contribution in [0.1, 0.15) is 5.56 Å². The second kappa shape index (κ2) is 6.68. The lowest BCUT2D eigenvalue weighted by molar-refractivity contribution is 0.245. The zero-order chi connectivity index (χ0) is 17.2. The molecule has 0 bridgehead atoms. The Morgan fingerprint density at radius 2 is 1.35 bits per heavy atom. The summed E-state index contributed by atoms with van der Waals surface area (Å²) in [5, 5.41) is 0. The molecule has 23 heavy (non-hydrogen) atoms. The molecule has 3 nitrogen and oxygen atoms in total. The van der Waals surface area contributed by atoms with Crippen molar-refractivity contribution < 1.29 is 35.6 Å². The molecule has 0 amide bonds. The van der Waals surface area contributed by atoms with Crippen LogP contribution in [0.3, 0.4) is 0 Å². The summed E-state index contributed by atoms with van der Waals surface area (Å²) in [5.41, 5.74) is -1.22. The smallest absolute Gasteiger partial charge is 0.376 e. The molecule has 0 saturated heterocycles. The normalized spacial score (nSPS) is 13.7. The lowest BCUT2D eigenvalue weighted by Crippen LogP contribution is -2.09. The van der Waals surface area contributed by atoms with Crippen LogP contribution in [0.2, 0.25) is 0 Å². The highest BCUT2D eigenvalue weighted by Gasteiger charge is 2.28. The molecule has 0 heterocycles. The van der Waals surface area contributed by atoms with Gasteiger partial charge in [-0.1, -0.05) is 18.2 Å². The SMILES string of the molecule is CP(=O)(OCc1c(F)c(F)c(F)c(F)c1F)Oc1ccccc1. The third-order valence-electron chi connectivity index (χ3n) is 2.76. The van der Waals surface area contributed by atoms with Gasteiger partial charge >= 0.3 is 7.60 Å². The maximum Gasteiger partial charge on any atom is 0.376 e. The zero-order valence-electron chi connectivity index (χ0n) is 11.7. The number of rotatable bonds is 5. The quantitative estimate of drug-likeness (QED) is 0.336. The van der Waals surface area contributed by atoms with E-state index in [9.17, 15) is 26.5 Å². The van der Waals surface area contributed by atoms with Crippen LogP contribution in [0.4, 0.5) is 22.0 Å². The van der Waals surface area contributed by atoms with Crippen molar-refractivity contribution in [3.8, 4) is 5.75 Å². The van der Waals surface area contributed by atoms with E-state index < -0.39 is 48.9 Å². The third-order valence-corrected chi connectivity index (χ3v) is 3.90. The highest BCUT2D eigenvalue weighted by molar-refractivity contribution is 7.53. The first-order valence-corrected chi connectivity index (χ1v) is 8.19. The summed E-state index contributed by atoms with van der Waals surface area (Å²) >= 11 is 0. The molecule has 9 heteroatoms. The maximum atomic E-state index is 13.5. The molecule has 0 radical (unpaired) electrons. The van der Waals surface area contributed by atoms with Gasteiger partial charge in [-0.3, -0.25) is 4.52 Å². The summed E-state index contributed by atoms with van der Waals surface area (Å²) in [6, 6.07) is 7.75. The van der Waals surface area contributed by atoms with Crippen molar-refractivity contribution in [2.45, 2.75) is 6.61 Å². The van der Waals surface area contributed by atoms with Crippen molar-refractivity contribution in [1.82, 2.24) is 0 Å². The number of hydrogen-bond donors (Lipinski definition) is 0. The number of halogens is 5. The topological polar surface area (TPSA) is 35.5 Å². The van der Waals surface area contributed by atoms with Crippen LogP contribution in [0, 0.1) is 29.1 Å². The van der Waals surface area contributed by atoms with Gasteiger partial charge in [0, 0.05) is 6.66 Å². The third kappa shape index (κ3) is 3.89. The molecular formula is C14H10F5O3P. The molecule has 0 fully saturated rings. The molecule has 2 rings (SSSR count). The van der Waals surface area contributed by atoms with E-state index in [1.807, 2.05) is 0 Å². The first-order chi connectivity index (χ1) is 10.7. The van der Waals surface area contributed by atoms with Gasteiger partial charge in [-0.25, -0.2) is 26.5 Å². The summed E-state index contributed by atoms with van der Waals surface area (Å²) < 4.78 is 87.8. The highest BCUT2D eigenvalue weighted by Crippen LogP contribution is 2.45. The van der Waals surface area contributed by atoms with Crippen LogP contribution in [-0.2, 0) is 15.7 Å². The van der Waals surface area contributed by atoms with Gasteiger partial charge in [0.05, 0.1) is 12.2 Å². The van der Waals surface area contributed by atoms with Gasteiger partial charge in [-0.15, -0.1) is 0 Å². The molecule has 0 N–H and O–H groups in total. The average Bonchev–Trinajstić information content (AvgIpc) is 2.51. The lowest BCUT2D eigenvalue weighted by Gasteiger charge is -2.16. The first-order valence-electron chi connectivity index (χ1n) is 6.20. The summed E-state index contributed by atoms with van der Waals surface area (Å²) in [6.07, 6.45) is 0. The van der Waals surface area contributed by atoms with Crippen molar-refractivity contribution in [3.05, 3.63) is 65.0 Å². The summed E-state index contributed by atoms with van der Waals surface area (Å²) in [5.74, 6) is -10.4. The summed E-state index contributed by atoms with van der Waals surface area (Å²) in [7, 11) is -3.83. The molecule has 0 aromatic heterocycles. The van der Waals surface area contributed by atoms with Crippen molar-refractivity contribution in [2.75, 3.05) is 6.66 Å². The minimum atomic E-state index is -3.83. The van der Waals surface area contributed by atoms with Gasteiger partial charge in [0.25, 0.3) is 0 Å². The van der Waals surface area contributed by atoms with Gasteiger partial charge in [0.1, 0.15) is 5.75 Å². The molecule has 0 aliphatic carbocycles. The molecule has 2 aromatic rings. The van der Waals surface area contributed by atoms with Crippen LogP contribution in [0.25, 0.3) is 0 Å². The number of benzene rings is 2. The minimum absolute atomic E-state index is 0.163. The Labute approximate surface area is 128 Å². The van der Waals surface area contributed by atoms with Gasteiger partial charge in [0.15, 0.2) is 23.3 Å². The zero-order valence-corrected chi connectivity index (χ0v) is 12.6. The van der Waals surface area contributed by atoms with Crippen LogP contribution >= 0.6 is 7.60 Å². The van der Waals surface area contributed by atoms with Gasteiger partial charge in [-0.2, -0.15) is 0 Å². The van der Waals surface area contributed by atoms with E-state index in [4.69, 9.17) is 9.05 Å².